The van der Waals surface area contributed by atoms with E-state index < -0.39 is 0 Å². The zero-order valence-corrected chi connectivity index (χ0v) is 10.3. The van der Waals surface area contributed by atoms with Crippen molar-refractivity contribution in [3.05, 3.63) is 46.5 Å². The fourth-order valence-electron chi connectivity index (χ4n) is 2.54. The minimum Gasteiger partial charge on any atom is -0.324 e. The molecule has 0 bridgehead atoms. The van der Waals surface area contributed by atoms with E-state index in [9.17, 15) is 0 Å². The Kier molecular flexibility index (Phi) is 3.45. The maximum atomic E-state index is 5.98. The molecule has 1 unspecified atom stereocenters. The summed E-state index contributed by atoms with van der Waals surface area (Å²) in [4.78, 5) is 0. The Labute approximate surface area is 98.4 Å². The van der Waals surface area contributed by atoms with E-state index in [0.717, 1.165) is 12.8 Å². The molecule has 0 fully saturated rings. The Morgan fingerprint density at radius 2 is 1.94 bits per heavy atom. The average Bonchev–Trinajstić information content (AvgIpc) is 2.24. The monoisotopic (exact) mass is 215 g/mol. The fourth-order valence-corrected chi connectivity index (χ4v) is 2.54. The summed E-state index contributed by atoms with van der Waals surface area (Å²) in [5.41, 5.74) is 11.8. The Hall–Kier alpha value is -1.08. The van der Waals surface area contributed by atoms with Gasteiger partial charge in [-0.3, -0.25) is 0 Å². The van der Waals surface area contributed by atoms with Gasteiger partial charge < -0.3 is 5.73 Å². The van der Waals surface area contributed by atoms with Gasteiger partial charge in [-0.15, -0.1) is 0 Å². The van der Waals surface area contributed by atoms with Crippen LogP contribution < -0.4 is 5.73 Å². The molecule has 0 amide bonds. The molecule has 1 aliphatic carbocycles. The summed E-state index contributed by atoms with van der Waals surface area (Å²) in [6.07, 6.45) is 6.98. The van der Waals surface area contributed by atoms with Crippen LogP contribution in [-0.2, 0) is 6.42 Å². The standard InChI is InChI=1S/C15H21N/c1-11-5-3-6-12(2)15(11)10-13-7-4-8-14(16)9-13/h3,5-6,9,14H,4,7-8,10,16H2,1-2H3. The molecule has 86 valence electrons. The summed E-state index contributed by atoms with van der Waals surface area (Å²) in [7, 11) is 0. The Morgan fingerprint density at radius 3 is 2.56 bits per heavy atom. The number of hydrogen-bond donors (Lipinski definition) is 1. The van der Waals surface area contributed by atoms with Gasteiger partial charge in [0.15, 0.2) is 0 Å². The fraction of sp³-hybridized carbons (Fsp3) is 0.467. The number of hydrogen-bond acceptors (Lipinski definition) is 1. The van der Waals surface area contributed by atoms with Crippen molar-refractivity contribution in [2.45, 2.75) is 45.6 Å². The summed E-state index contributed by atoms with van der Waals surface area (Å²) in [6, 6.07) is 6.82. The highest BCUT2D eigenvalue weighted by atomic mass is 14.6. The van der Waals surface area contributed by atoms with Crippen LogP contribution in [0.2, 0.25) is 0 Å². The molecule has 1 nitrogen and oxygen atoms in total. The van der Waals surface area contributed by atoms with E-state index in [0.29, 0.717) is 0 Å². The first-order chi connectivity index (χ1) is 7.66. The van der Waals surface area contributed by atoms with Gasteiger partial charge in [0.1, 0.15) is 0 Å². The van der Waals surface area contributed by atoms with Crippen LogP contribution in [0.1, 0.15) is 36.0 Å². The van der Waals surface area contributed by atoms with E-state index in [1.165, 1.54) is 35.1 Å². The van der Waals surface area contributed by atoms with Crippen molar-refractivity contribution < 1.29 is 0 Å². The molecule has 0 saturated carbocycles. The molecule has 0 saturated heterocycles. The number of aryl methyl sites for hydroxylation is 2. The van der Waals surface area contributed by atoms with E-state index in [1.807, 2.05) is 0 Å². The summed E-state index contributed by atoms with van der Waals surface area (Å²) >= 11 is 0. The lowest BCUT2D eigenvalue weighted by molar-refractivity contribution is 0.617. The third-order valence-electron chi connectivity index (χ3n) is 3.53. The Balaban J connectivity index is 2.20. The zero-order valence-electron chi connectivity index (χ0n) is 10.3. The van der Waals surface area contributed by atoms with Crippen molar-refractivity contribution in [1.82, 2.24) is 0 Å². The smallest absolute Gasteiger partial charge is 0.0226 e. The van der Waals surface area contributed by atoms with Crippen LogP contribution in [-0.4, -0.2) is 6.04 Å². The first kappa shape index (κ1) is 11.4. The number of benzene rings is 1. The van der Waals surface area contributed by atoms with Crippen LogP contribution in [0.4, 0.5) is 0 Å². The summed E-state index contributed by atoms with van der Waals surface area (Å²) in [5, 5.41) is 0. The molecular weight excluding hydrogens is 194 g/mol. The topological polar surface area (TPSA) is 26.0 Å². The van der Waals surface area contributed by atoms with Crippen LogP contribution in [0.5, 0.6) is 0 Å². The molecule has 16 heavy (non-hydrogen) atoms. The zero-order chi connectivity index (χ0) is 11.5. The van der Waals surface area contributed by atoms with E-state index in [1.54, 1.807) is 0 Å². The molecule has 0 aliphatic heterocycles. The highest BCUT2D eigenvalue weighted by molar-refractivity contribution is 5.37. The third kappa shape index (κ3) is 2.53. The van der Waals surface area contributed by atoms with Crippen LogP contribution in [0.15, 0.2) is 29.8 Å². The van der Waals surface area contributed by atoms with Crippen LogP contribution in [0.3, 0.4) is 0 Å². The molecule has 1 aromatic carbocycles. The van der Waals surface area contributed by atoms with Gasteiger partial charge in [-0.2, -0.15) is 0 Å². The van der Waals surface area contributed by atoms with Crippen molar-refractivity contribution in [2.75, 3.05) is 0 Å². The van der Waals surface area contributed by atoms with Gasteiger partial charge in [0.05, 0.1) is 0 Å². The van der Waals surface area contributed by atoms with Gasteiger partial charge in [-0.25, -0.2) is 0 Å². The second kappa shape index (κ2) is 4.84. The van der Waals surface area contributed by atoms with Gasteiger partial charge >= 0.3 is 0 Å². The summed E-state index contributed by atoms with van der Waals surface area (Å²) < 4.78 is 0. The predicted octanol–water partition coefficient (Wildman–Crippen LogP) is 3.28. The first-order valence-corrected chi connectivity index (χ1v) is 6.17. The highest BCUT2D eigenvalue weighted by Crippen LogP contribution is 2.24. The SMILES string of the molecule is Cc1cccc(C)c1CC1=CC(N)CCC1. The van der Waals surface area contributed by atoms with Gasteiger partial charge in [-0.1, -0.05) is 29.8 Å². The molecule has 2 N–H and O–H groups in total. The lowest BCUT2D eigenvalue weighted by Gasteiger charge is -2.19. The first-order valence-electron chi connectivity index (χ1n) is 6.17. The lowest BCUT2D eigenvalue weighted by atomic mass is 9.89. The molecule has 1 heteroatoms. The maximum absolute atomic E-state index is 5.98. The quantitative estimate of drug-likeness (QED) is 0.753. The molecule has 0 aromatic heterocycles. The average molecular weight is 215 g/mol. The normalized spacial score (nSPS) is 20.7. The second-order valence-corrected chi connectivity index (χ2v) is 4.93. The van der Waals surface area contributed by atoms with Crippen molar-refractivity contribution in [3.8, 4) is 0 Å². The Morgan fingerprint density at radius 1 is 1.25 bits per heavy atom. The van der Waals surface area contributed by atoms with Gasteiger partial charge in [0.25, 0.3) is 0 Å². The molecular formula is C15H21N. The minimum absolute atomic E-state index is 0.285. The van der Waals surface area contributed by atoms with Crippen LogP contribution in [0.25, 0.3) is 0 Å². The molecule has 1 aliphatic rings. The number of allylic oxidation sites excluding steroid dienone is 1. The van der Waals surface area contributed by atoms with E-state index in [-0.39, 0.29) is 6.04 Å². The van der Waals surface area contributed by atoms with E-state index in [2.05, 4.69) is 38.1 Å². The molecule has 0 radical (unpaired) electrons. The molecule has 1 atom stereocenters. The van der Waals surface area contributed by atoms with Gasteiger partial charge in [-0.05, 0) is 56.2 Å². The van der Waals surface area contributed by atoms with Crippen LogP contribution >= 0.6 is 0 Å². The van der Waals surface area contributed by atoms with Crippen molar-refractivity contribution in [1.29, 1.82) is 0 Å². The summed E-state index contributed by atoms with van der Waals surface area (Å²) in [5.74, 6) is 0. The Bertz CT molecular complexity index is 384. The third-order valence-corrected chi connectivity index (χ3v) is 3.53. The maximum Gasteiger partial charge on any atom is 0.0226 e. The van der Waals surface area contributed by atoms with Crippen molar-refractivity contribution >= 4 is 0 Å². The van der Waals surface area contributed by atoms with E-state index >= 15 is 0 Å². The van der Waals surface area contributed by atoms with Crippen molar-refractivity contribution in [2.24, 2.45) is 5.73 Å². The van der Waals surface area contributed by atoms with Crippen molar-refractivity contribution in [3.63, 3.8) is 0 Å². The largest absolute Gasteiger partial charge is 0.324 e. The van der Waals surface area contributed by atoms with Gasteiger partial charge in [0.2, 0.25) is 0 Å². The molecule has 0 spiro atoms. The molecule has 0 heterocycles. The second-order valence-electron chi connectivity index (χ2n) is 4.93. The summed E-state index contributed by atoms with van der Waals surface area (Å²) in [6.45, 7) is 4.40. The number of nitrogens with two attached hydrogens (primary N) is 1. The predicted molar refractivity (Wildman–Crippen MR) is 69.5 cm³/mol. The molecule has 1 aromatic rings. The molecule has 2 rings (SSSR count). The van der Waals surface area contributed by atoms with Gasteiger partial charge in [0, 0.05) is 6.04 Å². The number of rotatable bonds is 2. The van der Waals surface area contributed by atoms with Crippen LogP contribution in [0, 0.1) is 13.8 Å². The minimum atomic E-state index is 0.285. The van der Waals surface area contributed by atoms with E-state index in [4.69, 9.17) is 5.73 Å². The highest BCUT2D eigenvalue weighted by Gasteiger charge is 2.11. The lowest BCUT2D eigenvalue weighted by Crippen LogP contribution is -2.21.